The van der Waals surface area contributed by atoms with E-state index in [1.165, 1.54) is 12.8 Å². The van der Waals surface area contributed by atoms with Gasteiger partial charge in [-0.1, -0.05) is 13.8 Å². The Hall–Kier alpha value is -1.52. The smallest absolute Gasteiger partial charge is 0.756 e. The number of benzene rings is 1. The van der Waals surface area contributed by atoms with E-state index < -0.39 is 19.8 Å². The summed E-state index contributed by atoms with van der Waals surface area (Å²) in [7, 11) is -4.77. The second-order valence-electron chi connectivity index (χ2n) is 11.6. The zero-order chi connectivity index (χ0) is 26.5. The van der Waals surface area contributed by atoms with Crippen molar-refractivity contribution >= 4 is 25.2 Å². The van der Waals surface area contributed by atoms with Crippen LogP contribution in [0.5, 0.6) is 0 Å². The Morgan fingerprint density at radius 1 is 1.24 bits per heavy atom. The molecule has 0 saturated heterocycles. The molecule has 4 N–H and O–H groups in total. The van der Waals surface area contributed by atoms with Crippen LogP contribution in [-0.2, 0) is 21.9 Å². The fourth-order valence-electron chi connectivity index (χ4n) is 5.70. The molecule has 5 rings (SSSR count). The van der Waals surface area contributed by atoms with Crippen LogP contribution in [0.3, 0.4) is 0 Å². The molecule has 0 aliphatic heterocycles. The number of rotatable bonds is 8. The quantitative estimate of drug-likeness (QED) is 0.311. The molecule has 2 saturated carbocycles. The van der Waals surface area contributed by atoms with E-state index in [-0.39, 0.29) is 46.8 Å². The summed E-state index contributed by atoms with van der Waals surface area (Å²) in [4.78, 5) is 45.4. The number of nitrogens with zero attached hydrogens (tertiary/aromatic N) is 2. The van der Waals surface area contributed by atoms with E-state index in [0.717, 1.165) is 35.5 Å². The molecule has 1 amide bonds. The number of ketones is 1. The minimum Gasteiger partial charge on any atom is -0.756 e. The van der Waals surface area contributed by atoms with Gasteiger partial charge in [-0.2, -0.15) is 5.10 Å². The molecule has 1 atom stereocenters. The first-order valence-electron chi connectivity index (χ1n) is 13.0. The standard InChI is InChI=1S/C26H35N4O6P.Na/c1-26(2)13-22-24(23(31)14-26)21(11-15-3-4-15)29-30(22)17-7-10-19(25(27)32)20(12-17)28-16-5-8-18(9-6-16)36-37(33,34)35;/h7,10,12,15-16,18,28H,3-6,8-9,11,13-14H2,1-2H3,(H2,27,32)(H2,33,34,35);/q;+1/p-1/t16-,18-;. The molecule has 200 valence electrons. The average molecular weight is 553 g/mol. The number of phosphoric acid groups is 1. The SMILES string of the molecule is CC1(C)CC(=O)c2c(CC3CC3)nn(-c3ccc(C(N)=O)c(N[C@H]4CC[C@H](OP(=O)([O-])O)CC4)c3)c2C1.[Na+]. The predicted octanol–water partition coefficient (Wildman–Crippen LogP) is 0.283. The van der Waals surface area contributed by atoms with Gasteiger partial charge in [0, 0.05) is 18.2 Å². The van der Waals surface area contributed by atoms with E-state index in [2.05, 4.69) is 19.2 Å². The Morgan fingerprint density at radius 2 is 1.92 bits per heavy atom. The van der Waals surface area contributed by atoms with E-state index in [1.54, 1.807) is 6.07 Å². The molecule has 10 nitrogen and oxygen atoms in total. The van der Waals surface area contributed by atoms with Crippen LogP contribution in [-0.4, -0.2) is 38.5 Å². The zero-order valence-corrected chi connectivity index (χ0v) is 25.1. The van der Waals surface area contributed by atoms with Crippen molar-refractivity contribution in [2.75, 3.05) is 5.32 Å². The Bertz CT molecular complexity index is 1280. The molecular formula is C26H34N4NaO6P. The number of nitrogens with two attached hydrogens (primary N) is 1. The van der Waals surface area contributed by atoms with Crippen molar-refractivity contribution in [3.63, 3.8) is 0 Å². The topological polar surface area (TPSA) is 160 Å². The van der Waals surface area contributed by atoms with E-state index in [4.69, 9.17) is 20.2 Å². The molecule has 12 heteroatoms. The van der Waals surface area contributed by atoms with Gasteiger partial charge in [-0.3, -0.25) is 14.2 Å². The number of phosphoric ester groups is 1. The van der Waals surface area contributed by atoms with Gasteiger partial charge in [0.15, 0.2) is 5.78 Å². The van der Waals surface area contributed by atoms with Crippen molar-refractivity contribution in [3.05, 3.63) is 40.7 Å². The summed E-state index contributed by atoms with van der Waals surface area (Å²) in [6.07, 6.45) is 5.90. The number of carbonyl (C=O) groups excluding carboxylic acids is 2. The fourth-order valence-corrected chi connectivity index (χ4v) is 6.29. The minimum absolute atomic E-state index is 0. The molecule has 1 heterocycles. The van der Waals surface area contributed by atoms with Crippen molar-refractivity contribution in [2.45, 2.75) is 83.8 Å². The normalized spacial score (nSPS) is 24.2. The number of fused-ring (bicyclic) bond motifs is 1. The van der Waals surface area contributed by atoms with Gasteiger partial charge < -0.3 is 25.4 Å². The van der Waals surface area contributed by atoms with Crippen LogP contribution in [0.15, 0.2) is 18.2 Å². The molecule has 1 aromatic carbocycles. The summed E-state index contributed by atoms with van der Waals surface area (Å²) in [5, 5.41) is 8.32. The predicted molar refractivity (Wildman–Crippen MR) is 136 cm³/mol. The van der Waals surface area contributed by atoms with Crippen LogP contribution in [0.25, 0.3) is 5.69 Å². The molecule has 38 heavy (non-hydrogen) atoms. The number of anilines is 1. The number of aromatic nitrogens is 2. The number of primary amides is 1. The maximum absolute atomic E-state index is 13.2. The number of nitrogens with one attached hydrogen (secondary N) is 1. The molecule has 2 aromatic rings. The number of hydrogen-bond donors (Lipinski definition) is 3. The van der Waals surface area contributed by atoms with Crippen LogP contribution in [0.4, 0.5) is 5.69 Å². The first kappa shape index (κ1) is 29.5. The van der Waals surface area contributed by atoms with E-state index in [1.807, 2.05) is 16.8 Å². The molecular weight excluding hydrogens is 518 g/mol. The monoisotopic (exact) mass is 552 g/mol. The summed E-state index contributed by atoms with van der Waals surface area (Å²) >= 11 is 0. The summed E-state index contributed by atoms with van der Waals surface area (Å²) in [5.74, 6) is 0.168. The second-order valence-corrected chi connectivity index (χ2v) is 12.7. The van der Waals surface area contributed by atoms with Gasteiger partial charge in [0.1, 0.15) is 0 Å². The maximum atomic E-state index is 13.2. The Labute approximate surface area is 244 Å². The van der Waals surface area contributed by atoms with E-state index >= 15 is 0 Å². The molecule has 3 aliphatic rings. The Morgan fingerprint density at radius 3 is 2.53 bits per heavy atom. The Balaban J connectivity index is 0.00000336. The van der Waals surface area contributed by atoms with Crippen LogP contribution >= 0.6 is 7.82 Å². The van der Waals surface area contributed by atoms with E-state index in [9.17, 15) is 19.0 Å². The van der Waals surface area contributed by atoms with Gasteiger partial charge in [-0.05, 0) is 80.9 Å². The van der Waals surface area contributed by atoms with Gasteiger partial charge in [0.2, 0.25) is 0 Å². The van der Waals surface area contributed by atoms with Gasteiger partial charge in [-0.15, -0.1) is 0 Å². The molecule has 0 radical (unpaired) electrons. The molecule has 1 unspecified atom stereocenters. The summed E-state index contributed by atoms with van der Waals surface area (Å²) < 4.78 is 17.7. The van der Waals surface area contributed by atoms with Gasteiger partial charge in [-0.25, -0.2) is 4.68 Å². The van der Waals surface area contributed by atoms with Crippen molar-refractivity contribution < 1.29 is 58.0 Å². The molecule has 0 spiro atoms. The minimum atomic E-state index is -4.77. The van der Waals surface area contributed by atoms with Crippen molar-refractivity contribution in [2.24, 2.45) is 17.1 Å². The first-order valence-corrected chi connectivity index (χ1v) is 14.4. The maximum Gasteiger partial charge on any atom is 1.00 e. The van der Waals surface area contributed by atoms with Gasteiger partial charge in [0.05, 0.1) is 34.3 Å². The van der Waals surface area contributed by atoms with Gasteiger partial charge in [0.25, 0.3) is 13.7 Å². The first-order chi connectivity index (χ1) is 17.4. The van der Waals surface area contributed by atoms with Crippen LogP contribution in [0, 0.1) is 11.3 Å². The summed E-state index contributed by atoms with van der Waals surface area (Å²) in [6, 6.07) is 5.31. The van der Waals surface area contributed by atoms with Crippen molar-refractivity contribution in [1.82, 2.24) is 9.78 Å². The molecule has 0 bridgehead atoms. The fraction of sp³-hybridized carbons (Fsp3) is 0.577. The van der Waals surface area contributed by atoms with Crippen LogP contribution in [0.1, 0.15) is 90.9 Å². The third-order valence-corrected chi connectivity index (χ3v) is 8.19. The molecule has 1 aromatic heterocycles. The van der Waals surface area contributed by atoms with Crippen LogP contribution < -0.4 is 45.5 Å². The molecule has 3 aliphatic carbocycles. The molecule has 2 fully saturated rings. The van der Waals surface area contributed by atoms with E-state index in [0.29, 0.717) is 49.3 Å². The van der Waals surface area contributed by atoms with Crippen molar-refractivity contribution in [3.8, 4) is 5.69 Å². The summed E-state index contributed by atoms with van der Waals surface area (Å²) in [6.45, 7) is 4.19. The Kier molecular flexibility index (Phi) is 8.65. The largest absolute Gasteiger partial charge is 1.00 e. The number of Topliss-reactive ketones (excluding diaryl/α,β-unsaturated/α-hetero) is 1. The van der Waals surface area contributed by atoms with Crippen LogP contribution in [0.2, 0.25) is 0 Å². The third-order valence-electron chi connectivity index (χ3n) is 7.63. The zero-order valence-electron chi connectivity index (χ0n) is 22.2. The number of carbonyl (C=O) groups is 2. The summed E-state index contributed by atoms with van der Waals surface area (Å²) in [5.41, 5.74) is 9.71. The van der Waals surface area contributed by atoms with Crippen molar-refractivity contribution in [1.29, 1.82) is 0 Å². The third kappa shape index (κ3) is 6.78. The average Bonchev–Trinajstić information content (AvgIpc) is 3.53. The number of amides is 1. The number of hydrogen-bond acceptors (Lipinski definition) is 7. The second kappa shape index (κ2) is 11.2. The van der Waals surface area contributed by atoms with Gasteiger partial charge >= 0.3 is 29.6 Å².